The van der Waals surface area contributed by atoms with Gasteiger partial charge in [-0.2, -0.15) is 8.78 Å². The van der Waals surface area contributed by atoms with Crippen LogP contribution in [0.1, 0.15) is 12.4 Å². The number of rotatable bonds is 5. The van der Waals surface area contributed by atoms with Crippen LogP contribution in [-0.2, 0) is 12.8 Å². The first kappa shape index (κ1) is 17.9. The highest BCUT2D eigenvalue weighted by Gasteiger charge is 2.19. The van der Waals surface area contributed by atoms with E-state index < -0.39 is 6.55 Å². The zero-order valence-electron chi connectivity index (χ0n) is 14.2. The van der Waals surface area contributed by atoms with Crippen LogP contribution in [-0.4, -0.2) is 24.3 Å². The highest BCUT2D eigenvalue weighted by Crippen LogP contribution is 2.31. The van der Waals surface area contributed by atoms with E-state index in [2.05, 4.69) is 15.2 Å². The van der Waals surface area contributed by atoms with Crippen molar-refractivity contribution in [2.24, 2.45) is 7.05 Å². The van der Waals surface area contributed by atoms with E-state index in [-0.39, 0.29) is 5.75 Å². The summed E-state index contributed by atoms with van der Waals surface area (Å²) in [5.74, 6) is 1.15. The maximum Gasteiger partial charge on any atom is 0.320 e. The molecule has 138 valence electrons. The summed E-state index contributed by atoms with van der Waals surface area (Å²) in [6, 6.07) is 14.2. The number of hydrogen-bond acceptors (Lipinski definition) is 4. The molecule has 0 atom stereocenters. The summed E-state index contributed by atoms with van der Waals surface area (Å²) in [5.41, 5.74) is 1.72. The molecule has 4 rings (SSSR count). The van der Waals surface area contributed by atoms with Crippen LogP contribution in [0, 0.1) is 0 Å². The number of nitrogens with zero attached hydrogens (tertiary/aromatic N) is 5. The minimum Gasteiger partial charge on any atom is -0.305 e. The monoisotopic (exact) mass is 405 g/mol. The van der Waals surface area contributed by atoms with Crippen LogP contribution in [0.25, 0.3) is 22.4 Å². The van der Waals surface area contributed by atoms with Gasteiger partial charge in [0.15, 0.2) is 11.0 Å². The second kappa shape index (κ2) is 7.28. The van der Waals surface area contributed by atoms with Gasteiger partial charge in [0.05, 0.1) is 21.8 Å². The van der Waals surface area contributed by atoms with Gasteiger partial charge in [0.2, 0.25) is 0 Å². The van der Waals surface area contributed by atoms with Gasteiger partial charge >= 0.3 is 6.55 Å². The van der Waals surface area contributed by atoms with Gasteiger partial charge in [-0.05, 0) is 24.3 Å². The number of hydrogen-bond donors (Lipinski definition) is 0. The van der Waals surface area contributed by atoms with Crippen LogP contribution in [0.15, 0.2) is 53.7 Å². The van der Waals surface area contributed by atoms with E-state index in [1.54, 1.807) is 34.9 Å². The SMILES string of the molecule is Cn1c(SCc2nc3ccccc3n2C(F)F)nnc1-c1ccccc1Cl. The molecule has 0 amide bonds. The summed E-state index contributed by atoms with van der Waals surface area (Å²) in [6.45, 7) is -2.66. The third-order valence-electron chi connectivity index (χ3n) is 4.14. The zero-order valence-corrected chi connectivity index (χ0v) is 15.8. The Balaban J connectivity index is 1.63. The van der Waals surface area contributed by atoms with E-state index in [9.17, 15) is 8.78 Å². The molecule has 4 aromatic rings. The molecule has 27 heavy (non-hydrogen) atoms. The highest BCUT2D eigenvalue weighted by molar-refractivity contribution is 7.98. The molecule has 0 bridgehead atoms. The lowest BCUT2D eigenvalue weighted by Crippen LogP contribution is -2.04. The Bertz CT molecular complexity index is 1110. The van der Waals surface area contributed by atoms with Gasteiger partial charge in [-0.15, -0.1) is 10.2 Å². The molecule has 0 aliphatic heterocycles. The van der Waals surface area contributed by atoms with Crippen molar-refractivity contribution in [1.29, 1.82) is 0 Å². The van der Waals surface area contributed by atoms with Crippen molar-refractivity contribution in [2.75, 3.05) is 0 Å². The molecule has 0 fully saturated rings. The minimum atomic E-state index is -2.66. The number of benzene rings is 2. The molecule has 2 aromatic carbocycles. The standard InChI is InChI=1S/C18H14ClF2N5S/c1-25-16(11-6-2-3-7-12(11)19)23-24-18(25)27-10-15-22-13-8-4-5-9-14(13)26(15)17(20)21/h2-9,17H,10H2,1H3. The number of alkyl halides is 2. The van der Waals surface area contributed by atoms with Gasteiger partial charge in [-0.25, -0.2) is 4.98 Å². The van der Waals surface area contributed by atoms with Crippen LogP contribution in [0.3, 0.4) is 0 Å². The molecule has 0 saturated heterocycles. The molecule has 0 aliphatic carbocycles. The van der Waals surface area contributed by atoms with Gasteiger partial charge in [0, 0.05) is 12.6 Å². The third kappa shape index (κ3) is 3.30. The summed E-state index contributed by atoms with van der Waals surface area (Å²) in [5, 5.41) is 9.53. The van der Waals surface area contributed by atoms with Gasteiger partial charge in [-0.1, -0.05) is 47.6 Å². The van der Waals surface area contributed by atoms with Crippen molar-refractivity contribution >= 4 is 34.4 Å². The van der Waals surface area contributed by atoms with E-state index in [4.69, 9.17) is 11.6 Å². The fourth-order valence-electron chi connectivity index (χ4n) is 2.86. The second-order valence-electron chi connectivity index (χ2n) is 5.80. The largest absolute Gasteiger partial charge is 0.320 e. The average Bonchev–Trinajstić information content (AvgIpc) is 3.20. The number of thioether (sulfide) groups is 1. The lowest BCUT2D eigenvalue weighted by Gasteiger charge is -2.08. The van der Waals surface area contributed by atoms with Crippen LogP contribution in [0.5, 0.6) is 0 Å². The van der Waals surface area contributed by atoms with Crippen molar-refractivity contribution in [2.45, 2.75) is 17.5 Å². The molecule has 0 N–H and O–H groups in total. The number of para-hydroxylation sites is 2. The Morgan fingerprint density at radius 3 is 2.59 bits per heavy atom. The van der Waals surface area contributed by atoms with Crippen molar-refractivity contribution in [3.63, 3.8) is 0 Å². The molecule has 0 spiro atoms. The molecule has 2 heterocycles. The number of imidazole rings is 1. The van der Waals surface area contributed by atoms with Crippen LogP contribution < -0.4 is 0 Å². The van der Waals surface area contributed by atoms with E-state index in [0.717, 1.165) is 10.1 Å². The van der Waals surface area contributed by atoms with Gasteiger partial charge < -0.3 is 4.57 Å². The van der Waals surface area contributed by atoms with E-state index >= 15 is 0 Å². The Morgan fingerprint density at radius 2 is 1.81 bits per heavy atom. The van der Waals surface area contributed by atoms with Crippen molar-refractivity contribution in [3.8, 4) is 11.4 Å². The van der Waals surface area contributed by atoms with Gasteiger partial charge in [0.25, 0.3) is 0 Å². The van der Waals surface area contributed by atoms with Gasteiger partial charge in [-0.3, -0.25) is 4.57 Å². The normalized spacial score (nSPS) is 11.6. The zero-order chi connectivity index (χ0) is 19.0. The molecule has 0 saturated carbocycles. The predicted molar refractivity (Wildman–Crippen MR) is 102 cm³/mol. The lowest BCUT2D eigenvalue weighted by atomic mass is 10.2. The summed E-state index contributed by atoms with van der Waals surface area (Å²) in [4.78, 5) is 4.34. The summed E-state index contributed by atoms with van der Waals surface area (Å²) in [7, 11) is 1.82. The first-order valence-corrected chi connectivity index (χ1v) is 9.43. The molecule has 0 unspecified atom stereocenters. The number of aromatic nitrogens is 5. The quantitative estimate of drug-likeness (QED) is 0.430. The topological polar surface area (TPSA) is 48.5 Å². The van der Waals surface area contributed by atoms with E-state index in [1.165, 1.54) is 11.8 Å². The lowest BCUT2D eigenvalue weighted by molar-refractivity contribution is 0.0722. The molecular weight excluding hydrogens is 392 g/mol. The van der Waals surface area contributed by atoms with Crippen LogP contribution in [0.4, 0.5) is 8.78 Å². The average molecular weight is 406 g/mol. The minimum absolute atomic E-state index is 0.244. The number of halogens is 3. The Kier molecular flexibility index (Phi) is 4.84. The Labute approximate surface area is 163 Å². The van der Waals surface area contributed by atoms with Crippen molar-refractivity contribution in [3.05, 3.63) is 59.4 Å². The number of fused-ring (bicyclic) bond motifs is 1. The van der Waals surface area contributed by atoms with E-state index in [1.807, 2.05) is 25.2 Å². The fraction of sp³-hybridized carbons (Fsp3) is 0.167. The smallest absolute Gasteiger partial charge is 0.305 e. The van der Waals surface area contributed by atoms with Gasteiger partial charge in [0.1, 0.15) is 5.82 Å². The first-order valence-electron chi connectivity index (χ1n) is 8.07. The summed E-state index contributed by atoms with van der Waals surface area (Å²) >= 11 is 7.53. The maximum absolute atomic E-state index is 13.5. The first-order chi connectivity index (χ1) is 13.1. The maximum atomic E-state index is 13.5. The van der Waals surface area contributed by atoms with Crippen molar-refractivity contribution < 1.29 is 8.78 Å². The molecule has 0 radical (unpaired) electrons. The molecule has 5 nitrogen and oxygen atoms in total. The van der Waals surface area contributed by atoms with Crippen LogP contribution >= 0.6 is 23.4 Å². The summed E-state index contributed by atoms with van der Waals surface area (Å²) < 4.78 is 29.8. The molecule has 2 aromatic heterocycles. The predicted octanol–water partition coefficient (Wildman–Crippen LogP) is 5.17. The van der Waals surface area contributed by atoms with Crippen molar-refractivity contribution in [1.82, 2.24) is 24.3 Å². The van der Waals surface area contributed by atoms with Crippen LogP contribution in [0.2, 0.25) is 5.02 Å². The third-order valence-corrected chi connectivity index (χ3v) is 5.49. The Hall–Kier alpha value is -2.45. The highest BCUT2D eigenvalue weighted by atomic mass is 35.5. The molecular formula is C18H14ClF2N5S. The Morgan fingerprint density at radius 1 is 1.07 bits per heavy atom. The molecule has 9 heteroatoms. The second-order valence-corrected chi connectivity index (χ2v) is 7.15. The summed E-state index contributed by atoms with van der Waals surface area (Å²) in [6.07, 6.45) is 0. The van der Waals surface area contributed by atoms with E-state index in [0.29, 0.717) is 32.9 Å². The molecule has 0 aliphatic rings. The fourth-order valence-corrected chi connectivity index (χ4v) is 3.92.